The number of aryl methyl sites for hydroxylation is 1. The van der Waals surface area contributed by atoms with E-state index >= 15 is 0 Å². The molecule has 2 nitrogen and oxygen atoms in total. The van der Waals surface area contributed by atoms with Crippen LogP contribution in [0.5, 0.6) is 0 Å². The highest BCUT2D eigenvalue weighted by molar-refractivity contribution is 14.1. The minimum Gasteiger partial charge on any atom is -0.369 e. The lowest BCUT2D eigenvalue weighted by molar-refractivity contribution is -0.114. The van der Waals surface area contributed by atoms with Crippen molar-refractivity contribution < 1.29 is 9.53 Å². The van der Waals surface area contributed by atoms with Crippen molar-refractivity contribution in [3.05, 3.63) is 75.4 Å². The van der Waals surface area contributed by atoms with E-state index in [1.807, 2.05) is 54.6 Å². The van der Waals surface area contributed by atoms with Crippen LogP contribution in [0, 0.1) is 3.57 Å². The number of carbonyl (C=O) groups excluding carboxylic acids is 1. The third kappa shape index (κ3) is 7.33. The fourth-order valence-corrected chi connectivity index (χ4v) is 3.35. The van der Waals surface area contributed by atoms with Crippen molar-refractivity contribution in [2.45, 2.75) is 6.42 Å². The highest BCUT2D eigenvalue weighted by Crippen LogP contribution is 2.14. The standard InChI is InChI=1S/C19H19IO2S/c20-18-11-5-4-10-17(18)12-14-23-19(21)15-22-13-6-9-16-7-2-1-3-8-16/h1-11H,12-15H2/b9-6+. The van der Waals surface area contributed by atoms with E-state index in [1.54, 1.807) is 0 Å². The summed E-state index contributed by atoms with van der Waals surface area (Å²) in [6.45, 7) is 0.619. The molecule has 0 saturated carbocycles. The fourth-order valence-electron chi connectivity index (χ4n) is 1.98. The van der Waals surface area contributed by atoms with Crippen LogP contribution >= 0.6 is 34.4 Å². The van der Waals surface area contributed by atoms with Gasteiger partial charge in [0.1, 0.15) is 6.61 Å². The number of halogens is 1. The molecule has 23 heavy (non-hydrogen) atoms. The molecule has 0 atom stereocenters. The predicted octanol–water partition coefficient (Wildman–Crippen LogP) is 4.82. The number of thioether (sulfide) groups is 1. The van der Waals surface area contributed by atoms with E-state index in [4.69, 9.17) is 4.74 Å². The molecular formula is C19H19IO2S. The zero-order valence-corrected chi connectivity index (χ0v) is 15.8. The van der Waals surface area contributed by atoms with Crippen molar-refractivity contribution in [1.82, 2.24) is 0 Å². The molecule has 0 fully saturated rings. The summed E-state index contributed by atoms with van der Waals surface area (Å²) in [5, 5.41) is 0.0871. The lowest BCUT2D eigenvalue weighted by Gasteiger charge is -2.04. The molecule has 2 rings (SSSR count). The van der Waals surface area contributed by atoms with Crippen LogP contribution in [0.1, 0.15) is 11.1 Å². The minimum absolute atomic E-state index is 0.0871. The summed E-state index contributed by atoms with van der Waals surface area (Å²) in [7, 11) is 0. The van der Waals surface area contributed by atoms with Gasteiger partial charge in [-0.25, -0.2) is 0 Å². The smallest absolute Gasteiger partial charge is 0.214 e. The lowest BCUT2D eigenvalue weighted by atomic mass is 10.2. The van der Waals surface area contributed by atoms with E-state index < -0.39 is 0 Å². The monoisotopic (exact) mass is 438 g/mol. The van der Waals surface area contributed by atoms with Crippen LogP contribution in [-0.2, 0) is 16.0 Å². The Morgan fingerprint density at radius 2 is 1.83 bits per heavy atom. The van der Waals surface area contributed by atoms with Crippen molar-refractivity contribution >= 4 is 45.5 Å². The van der Waals surface area contributed by atoms with Gasteiger partial charge >= 0.3 is 0 Å². The number of carbonyl (C=O) groups is 1. The lowest BCUT2D eigenvalue weighted by Crippen LogP contribution is -2.06. The van der Waals surface area contributed by atoms with Gasteiger partial charge in [-0.1, -0.05) is 72.4 Å². The Morgan fingerprint density at radius 1 is 1.09 bits per heavy atom. The van der Waals surface area contributed by atoms with Gasteiger partial charge in [-0.2, -0.15) is 0 Å². The molecule has 0 unspecified atom stereocenters. The molecule has 0 spiro atoms. The topological polar surface area (TPSA) is 26.3 Å². The summed E-state index contributed by atoms with van der Waals surface area (Å²) >= 11 is 3.67. The van der Waals surface area contributed by atoms with Crippen LogP contribution < -0.4 is 0 Å². The Hall–Kier alpha value is -1.11. The quantitative estimate of drug-likeness (QED) is 0.437. The molecule has 0 aliphatic carbocycles. The molecule has 2 aromatic carbocycles. The number of ether oxygens (including phenoxy) is 1. The van der Waals surface area contributed by atoms with Crippen molar-refractivity contribution in [3.63, 3.8) is 0 Å². The molecule has 2 aromatic rings. The van der Waals surface area contributed by atoms with Gasteiger partial charge in [-0.15, -0.1) is 0 Å². The van der Waals surface area contributed by atoms with Gasteiger partial charge in [-0.3, -0.25) is 4.79 Å². The van der Waals surface area contributed by atoms with E-state index in [2.05, 4.69) is 34.7 Å². The second-order valence-electron chi connectivity index (χ2n) is 4.89. The first-order chi connectivity index (χ1) is 11.3. The van der Waals surface area contributed by atoms with Crippen molar-refractivity contribution in [2.24, 2.45) is 0 Å². The van der Waals surface area contributed by atoms with E-state index in [-0.39, 0.29) is 11.7 Å². The average Bonchev–Trinajstić information content (AvgIpc) is 2.57. The first kappa shape index (κ1) is 18.2. The molecule has 0 N–H and O–H groups in total. The molecule has 0 aromatic heterocycles. The van der Waals surface area contributed by atoms with Gasteiger partial charge in [0.25, 0.3) is 0 Å². The van der Waals surface area contributed by atoms with Gasteiger partial charge < -0.3 is 4.74 Å². The second kappa shape index (κ2) is 10.6. The van der Waals surface area contributed by atoms with Gasteiger partial charge in [0.05, 0.1) is 6.61 Å². The van der Waals surface area contributed by atoms with Crippen molar-refractivity contribution in [2.75, 3.05) is 19.0 Å². The van der Waals surface area contributed by atoms with Crippen LogP contribution in [0.2, 0.25) is 0 Å². The van der Waals surface area contributed by atoms with Crippen LogP contribution in [-0.4, -0.2) is 24.1 Å². The van der Waals surface area contributed by atoms with Gasteiger partial charge in [-0.05, 0) is 46.2 Å². The third-order valence-corrected chi connectivity index (χ3v) is 5.04. The van der Waals surface area contributed by atoms with Gasteiger partial charge in [0.15, 0.2) is 0 Å². The van der Waals surface area contributed by atoms with Crippen LogP contribution in [0.25, 0.3) is 6.08 Å². The molecular weight excluding hydrogens is 419 g/mol. The Labute approximate surface area is 155 Å². The first-order valence-corrected chi connectivity index (χ1v) is 9.50. The Kier molecular flexibility index (Phi) is 8.42. The average molecular weight is 438 g/mol. The summed E-state index contributed by atoms with van der Waals surface area (Å²) in [6.07, 6.45) is 4.83. The third-order valence-electron chi connectivity index (χ3n) is 3.14. The summed E-state index contributed by atoms with van der Waals surface area (Å²) in [5.74, 6) is 0.794. The van der Waals surface area contributed by atoms with E-state index in [9.17, 15) is 4.79 Å². The Morgan fingerprint density at radius 3 is 2.61 bits per heavy atom. The molecule has 120 valence electrons. The van der Waals surface area contributed by atoms with E-state index in [1.165, 1.54) is 20.9 Å². The molecule has 0 aliphatic rings. The Balaban J connectivity index is 1.58. The van der Waals surface area contributed by atoms with E-state index in [0.29, 0.717) is 6.61 Å². The SMILES string of the molecule is O=C(COC/C=C/c1ccccc1)SCCc1ccccc1I. The zero-order chi connectivity index (χ0) is 16.3. The number of benzene rings is 2. The summed E-state index contributed by atoms with van der Waals surface area (Å²) in [4.78, 5) is 11.8. The van der Waals surface area contributed by atoms with Gasteiger partial charge in [0, 0.05) is 9.32 Å². The molecule has 0 bridgehead atoms. The van der Waals surface area contributed by atoms with E-state index in [0.717, 1.165) is 17.7 Å². The largest absolute Gasteiger partial charge is 0.369 e. The minimum atomic E-state index is 0.0871. The number of hydrogen-bond donors (Lipinski definition) is 0. The highest BCUT2D eigenvalue weighted by Gasteiger charge is 2.04. The number of rotatable bonds is 8. The first-order valence-electron chi connectivity index (χ1n) is 7.44. The summed E-state index contributed by atoms with van der Waals surface area (Å²) < 4.78 is 6.64. The van der Waals surface area contributed by atoms with Crippen molar-refractivity contribution in [1.29, 1.82) is 0 Å². The van der Waals surface area contributed by atoms with Crippen LogP contribution in [0.15, 0.2) is 60.7 Å². The molecule has 0 aliphatic heterocycles. The maximum atomic E-state index is 11.8. The fraction of sp³-hybridized carbons (Fsp3) is 0.211. The normalized spacial score (nSPS) is 11.0. The molecule has 0 heterocycles. The number of hydrogen-bond acceptors (Lipinski definition) is 3. The summed E-state index contributed by atoms with van der Waals surface area (Å²) in [5.41, 5.74) is 2.43. The molecule has 0 saturated heterocycles. The van der Waals surface area contributed by atoms with Gasteiger partial charge in [0.2, 0.25) is 5.12 Å². The summed E-state index contributed by atoms with van der Waals surface area (Å²) in [6, 6.07) is 18.3. The molecule has 4 heteroatoms. The predicted molar refractivity (Wildman–Crippen MR) is 107 cm³/mol. The maximum absolute atomic E-state index is 11.8. The second-order valence-corrected chi connectivity index (χ2v) is 7.20. The molecule has 0 radical (unpaired) electrons. The highest BCUT2D eigenvalue weighted by atomic mass is 127. The van der Waals surface area contributed by atoms with Crippen LogP contribution in [0.4, 0.5) is 0 Å². The maximum Gasteiger partial charge on any atom is 0.214 e. The zero-order valence-electron chi connectivity index (χ0n) is 12.8. The molecule has 0 amide bonds. The van der Waals surface area contributed by atoms with Crippen molar-refractivity contribution in [3.8, 4) is 0 Å². The van der Waals surface area contributed by atoms with Crippen LogP contribution in [0.3, 0.4) is 0 Å². The Bertz CT molecular complexity index is 641.